The summed E-state index contributed by atoms with van der Waals surface area (Å²) in [7, 11) is 0. The van der Waals surface area contributed by atoms with E-state index in [4.69, 9.17) is 4.98 Å². The molecule has 4 rings (SSSR count). The fraction of sp³-hybridized carbons (Fsp3) is 0.375. The van der Waals surface area contributed by atoms with Gasteiger partial charge in [0.25, 0.3) is 0 Å². The van der Waals surface area contributed by atoms with Crippen LogP contribution in [0.15, 0.2) is 60.7 Å². The van der Waals surface area contributed by atoms with Crippen molar-refractivity contribution >= 4 is 22.6 Å². The first kappa shape index (κ1) is 20.5. The molecular formula is C24H28N4OS. The van der Waals surface area contributed by atoms with Gasteiger partial charge in [0.2, 0.25) is 11.0 Å². The maximum absolute atomic E-state index is 13.2. The van der Waals surface area contributed by atoms with Crippen molar-refractivity contribution in [2.24, 2.45) is 0 Å². The summed E-state index contributed by atoms with van der Waals surface area (Å²) in [5, 5.41) is 0.963. The Labute approximate surface area is 182 Å². The first-order valence-corrected chi connectivity index (χ1v) is 11.5. The SMILES string of the molecule is CCC(C(=O)N1CCCN(c2nc(Cc3ccccc3)ns2)CC1)c1ccccc1. The Morgan fingerprint density at radius 2 is 1.73 bits per heavy atom. The second-order valence-electron chi connectivity index (χ2n) is 7.69. The molecule has 1 atom stereocenters. The molecule has 1 amide bonds. The van der Waals surface area contributed by atoms with E-state index in [0.29, 0.717) is 0 Å². The molecule has 5 nitrogen and oxygen atoms in total. The van der Waals surface area contributed by atoms with Crippen LogP contribution in [0.5, 0.6) is 0 Å². The van der Waals surface area contributed by atoms with Crippen molar-refractivity contribution in [1.82, 2.24) is 14.3 Å². The molecule has 0 spiro atoms. The predicted octanol–water partition coefficient (Wildman–Crippen LogP) is 4.36. The van der Waals surface area contributed by atoms with Crippen LogP contribution in [-0.2, 0) is 11.2 Å². The van der Waals surface area contributed by atoms with Gasteiger partial charge in [-0.3, -0.25) is 4.79 Å². The van der Waals surface area contributed by atoms with E-state index >= 15 is 0 Å². The van der Waals surface area contributed by atoms with Crippen molar-refractivity contribution in [2.45, 2.75) is 32.1 Å². The predicted molar refractivity (Wildman–Crippen MR) is 122 cm³/mol. The number of anilines is 1. The molecule has 0 aliphatic carbocycles. The summed E-state index contributed by atoms with van der Waals surface area (Å²) < 4.78 is 4.56. The summed E-state index contributed by atoms with van der Waals surface area (Å²) in [6.45, 7) is 5.34. The lowest BCUT2D eigenvalue weighted by molar-refractivity contribution is -0.132. The highest BCUT2D eigenvalue weighted by atomic mass is 32.1. The Balaban J connectivity index is 1.39. The molecule has 1 unspecified atom stereocenters. The lowest BCUT2D eigenvalue weighted by atomic mass is 9.95. The van der Waals surface area contributed by atoms with Crippen LogP contribution in [0.2, 0.25) is 0 Å². The van der Waals surface area contributed by atoms with Gasteiger partial charge in [-0.25, -0.2) is 4.98 Å². The van der Waals surface area contributed by atoms with Crippen LogP contribution in [0.3, 0.4) is 0 Å². The van der Waals surface area contributed by atoms with E-state index in [1.54, 1.807) is 0 Å². The smallest absolute Gasteiger partial charge is 0.230 e. The van der Waals surface area contributed by atoms with Gasteiger partial charge in [0.05, 0.1) is 5.92 Å². The van der Waals surface area contributed by atoms with Crippen molar-refractivity contribution in [3.8, 4) is 0 Å². The molecule has 1 aliphatic heterocycles. The van der Waals surface area contributed by atoms with Crippen LogP contribution >= 0.6 is 11.5 Å². The number of nitrogens with zero attached hydrogens (tertiary/aromatic N) is 4. The standard InChI is InChI=1S/C24H28N4OS/c1-2-21(20-12-7-4-8-13-20)23(29)27-14-9-15-28(17-16-27)24-25-22(26-30-24)18-19-10-5-3-6-11-19/h3-8,10-13,21H,2,9,14-18H2,1H3. The molecule has 0 radical (unpaired) electrons. The van der Waals surface area contributed by atoms with Gasteiger partial charge in [-0.15, -0.1) is 0 Å². The van der Waals surface area contributed by atoms with Crippen molar-refractivity contribution in [3.63, 3.8) is 0 Å². The Morgan fingerprint density at radius 3 is 2.47 bits per heavy atom. The Kier molecular flexibility index (Phi) is 6.74. The second-order valence-corrected chi connectivity index (χ2v) is 8.42. The van der Waals surface area contributed by atoms with E-state index in [9.17, 15) is 4.79 Å². The molecule has 1 aliphatic rings. The lowest BCUT2D eigenvalue weighted by Gasteiger charge is -2.26. The van der Waals surface area contributed by atoms with E-state index in [1.165, 1.54) is 17.1 Å². The number of carbonyl (C=O) groups excluding carboxylic acids is 1. The van der Waals surface area contributed by atoms with E-state index in [0.717, 1.165) is 62.0 Å². The normalized spacial score (nSPS) is 15.6. The van der Waals surface area contributed by atoms with Crippen LogP contribution in [0.4, 0.5) is 5.13 Å². The van der Waals surface area contributed by atoms with Gasteiger partial charge in [0, 0.05) is 44.1 Å². The highest BCUT2D eigenvalue weighted by Gasteiger charge is 2.27. The molecule has 0 bridgehead atoms. The van der Waals surface area contributed by atoms with Gasteiger partial charge in [-0.05, 0) is 24.0 Å². The van der Waals surface area contributed by atoms with E-state index in [-0.39, 0.29) is 11.8 Å². The number of amides is 1. The third-order valence-electron chi connectivity index (χ3n) is 5.65. The molecular weight excluding hydrogens is 392 g/mol. The third-order valence-corrected chi connectivity index (χ3v) is 6.46. The summed E-state index contributed by atoms with van der Waals surface area (Å²) in [6.07, 6.45) is 2.53. The highest BCUT2D eigenvalue weighted by Crippen LogP contribution is 2.24. The fourth-order valence-corrected chi connectivity index (χ4v) is 4.75. The monoisotopic (exact) mass is 420 g/mol. The van der Waals surface area contributed by atoms with Gasteiger partial charge in [0.15, 0.2) is 0 Å². The summed E-state index contributed by atoms with van der Waals surface area (Å²) in [4.78, 5) is 22.3. The number of benzene rings is 2. The van der Waals surface area contributed by atoms with E-state index in [1.807, 2.05) is 41.3 Å². The van der Waals surface area contributed by atoms with Crippen LogP contribution in [0, 0.1) is 0 Å². The first-order chi connectivity index (χ1) is 14.7. The van der Waals surface area contributed by atoms with Crippen LogP contribution in [-0.4, -0.2) is 46.3 Å². The van der Waals surface area contributed by atoms with Crippen molar-refractivity contribution in [3.05, 3.63) is 77.6 Å². The molecule has 2 aromatic carbocycles. The summed E-state index contributed by atoms with van der Waals surface area (Å²) in [6, 6.07) is 20.5. The average molecular weight is 421 g/mol. The molecule has 30 heavy (non-hydrogen) atoms. The number of carbonyl (C=O) groups is 1. The molecule has 6 heteroatoms. The summed E-state index contributed by atoms with van der Waals surface area (Å²) >= 11 is 1.46. The minimum atomic E-state index is -0.0586. The van der Waals surface area contributed by atoms with Crippen molar-refractivity contribution in [2.75, 3.05) is 31.1 Å². The molecule has 2 heterocycles. The Hall–Kier alpha value is -2.73. The fourth-order valence-electron chi connectivity index (χ4n) is 4.01. The average Bonchev–Trinajstić information content (AvgIpc) is 3.10. The van der Waals surface area contributed by atoms with Crippen LogP contribution < -0.4 is 4.90 Å². The molecule has 156 valence electrons. The zero-order chi connectivity index (χ0) is 20.8. The number of hydrogen-bond acceptors (Lipinski definition) is 5. The van der Waals surface area contributed by atoms with Gasteiger partial charge < -0.3 is 9.80 Å². The zero-order valence-electron chi connectivity index (χ0n) is 17.4. The van der Waals surface area contributed by atoms with Gasteiger partial charge >= 0.3 is 0 Å². The van der Waals surface area contributed by atoms with E-state index < -0.39 is 0 Å². The molecule has 1 saturated heterocycles. The van der Waals surface area contributed by atoms with Crippen LogP contribution in [0.1, 0.15) is 42.6 Å². The maximum atomic E-state index is 13.2. The number of aromatic nitrogens is 2. The number of rotatable bonds is 6. The van der Waals surface area contributed by atoms with Gasteiger partial charge in [-0.2, -0.15) is 4.37 Å². The number of hydrogen-bond donors (Lipinski definition) is 0. The third kappa shape index (κ3) is 4.87. The zero-order valence-corrected chi connectivity index (χ0v) is 18.2. The Morgan fingerprint density at radius 1 is 1.00 bits per heavy atom. The largest absolute Gasteiger partial charge is 0.345 e. The lowest BCUT2D eigenvalue weighted by Crippen LogP contribution is -2.38. The minimum absolute atomic E-state index is 0.0586. The highest BCUT2D eigenvalue weighted by molar-refractivity contribution is 7.09. The molecule has 1 aromatic heterocycles. The van der Waals surface area contributed by atoms with Crippen molar-refractivity contribution < 1.29 is 4.79 Å². The maximum Gasteiger partial charge on any atom is 0.230 e. The molecule has 1 fully saturated rings. The quantitative estimate of drug-likeness (QED) is 0.594. The molecule has 0 N–H and O–H groups in total. The molecule has 0 saturated carbocycles. The topological polar surface area (TPSA) is 49.3 Å². The minimum Gasteiger partial charge on any atom is -0.345 e. The van der Waals surface area contributed by atoms with E-state index in [2.05, 4.69) is 40.5 Å². The van der Waals surface area contributed by atoms with Gasteiger partial charge in [0.1, 0.15) is 5.82 Å². The summed E-state index contributed by atoms with van der Waals surface area (Å²) in [5.74, 6) is 1.05. The first-order valence-electron chi connectivity index (χ1n) is 10.7. The van der Waals surface area contributed by atoms with Crippen LogP contribution in [0.25, 0.3) is 0 Å². The second kappa shape index (κ2) is 9.85. The molecule has 3 aromatic rings. The Bertz CT molecular complexity index is 944. The summed E-state index contributed by atoms with van der Waals surface area (Å²) in [5.41, 5.74) is 2.33. The van der Waals surface area contributed by atoms with Crippen molar-refractivity contribution in [1.29, 1.82) is 0 Å². The van der Waals surface area contributed by atoms with Gasteiger partial charge in [-0.1, -0.05) is 67.6 Å².